The van der Waals surface area contributed by atoms with Crippen LogP contribution < -0.4 is 0 Å². The van der Waals surface area contributed by atoms with Crippen molar-refractivity contribution < 1.29 is 10.2 Å². The molecule has 0 aliphatic rings. The van der Waals surface area contributed by atoms with E-state index in [1.165, 1.54) is 24.0 Å². The van der Waals surface area contributed by atoms with Crippen LogP contribution in [0.1, 0.15) is 37.8 Å². The molecule has 0 unspecified atom stereocenters. The average molecular weight is 244 g/mol. The van der Waals surface area contributed by atoms with Crippen molar-refractivity contribution in [3.05, 3.63) is 35.4 Å². The molecule has 0 amide bonds. The molecule has 0 bridgehead atoms. The molecular weight excluding hydrogens is 224 g/mol. The normalized spacial score (nSPS) is 11.0. The van der Waals surface area contributed by atoms with E-state index in [2.05, 4.69) is 19.9 Å². The lowest BCUT2D eigenvalue weighted by Crippen LogP contribution is -1.95. The van der Waals surface area contributed by atoms with Crippen LogP contribution in [0.25, 0.3) is 10.8 Å². The number of fused-ring (bicyclic) bond motifs is 1. The predicted octanol–water partition coefficient (Wildman–Crippen LogP) is 4.16. The van der Waals surface area contributed by atoms with Gasteiger partial charge in [-0.25, -0.2) is 0 Å². The third-order valence-electron chi connectivity index (χ3n) is 3.51. The van der Waals surface area contributed by atoms with Crippen LogP contribution in [0, 0.1) is 0 Å². The van der Waals surface area contributed by atoms with Crippen LogP contribution in [0.4, 0.5) is 0 Å². The molecule has 18 heavy (non-hydrogen) atoms. The number of aromatic hydroxyl groups is 2. The van der Waals surface area contributed by atoms with Gasteiger partial charge in [-0.05, 0) is 41.8 Å². The zero-order valence-electron chi connectivity index (χ0n) is 11.0. The van der Waals surface area contributed by atoms with E-state index in [1.54, 1.807) is 6.07 Å². The maximum absolute atomic E-state index is 9.90. The van der Waals surface area contributed by atoms with Gasteiger partial charge in [-0.3, -0.25) is 0 Å². The fourth-order valence-electron chi connectivity index (χ4n) is 2.50. The van der Waals surface area contributed by atoms with E-state index in [-0.39, 0.29) is 11.5 Å². The summed E-state index contributed by atoms with van der Waals surface area (Å²) in [4.78, 5) is 0. The average Bonchev–Trinajstić information content (AvgIpc) is 2.39. The van der Waals surface area contributed by atoms with Crippen LogP contribution in [0.5, 0.6) is 11.5 Å². The fourth-order valence-corrected chi connectivity index (χ4v) is 2.50. The van der Waals surface area contributed by atoms with E-state index >= 15 is 0 Å². The van der Waals surface area contributed by atoms with Crippen molar-refractivity contribution in [1.29, 1.82) is 0 Å². The molecule has 0 heterocycles. The lowest BCUT2D eigenvalue weighted by Gasteiger charge is -2.13. The highest BCUT2D eigenvalue weighted by Crippen LogP contribution is 2.36. The van der Waals surface area contributed by atoms with Crippen molar-refractivity contribution >= 4 is 10.8 Å². The summed E-state index contributed by atoms with van der Waals surface area (Å²) in [5, 5.41) is 21.2. The molecule has 2 aromatic rings. The largest absolute Gasteiger partial charge is 0.504 e. The standard InChI is InChI=1S/C16H20O2/c1-3-5-6-11-7-8-14-13(12(11)4-2)9-10-15(17)16(14)18/h7-10,17-18H,3-6H2,1-2H3. The Morgan fingerprint density at radius 2 is 1.67 bits per heavy atom. The van der Waals surface area contributed by atoms with E-state index in [0.717, 1.165) is 23.6 Å². The Bertz CT molecular complexity index is 559. The van der Waals surface area contributed by atoms with Crippen molar-refractivity contribution in [2.45, 2.75) is 39.5 Å². The molecule has 0 aromatic heterocycles. The first-order chi connectivity index (χ1) is 8.69. The highest BCUT2D eigenvalue weighted by molar-refractivity contribution is 5.93. The molecule has 2 rings (SSSR count). The SMILES string of the molecule is CCCCc1ccc2c(O)c(O)ccc2c1CC. The lowest BCUT2D eigenvalue weighted by atomic mass is 9.93. The molecule has 0 saturated heterocycles. The second kappa shape index (κ2) is 5.30. The molecule has 0 spiro atoms. The molecule has 0 saturated carbocycles. The minimum Gasteiger partial charge on any atom is -0.504 e. The van der Waals surface area contributed by atoms with Crippen molar-refractivity contribution in [2.24, 2.45) is 0 Å². The number of rotatable bonds is 4. The van der Waals surface area contributed by atoms with Crippen LogP contribution in [-0.4, -0.2) is 10.2 Å². The monoisotopic (exact) mass is 244 g/mol. The number of hydrogen-bond acceptors (Lipinski definition) is 2. The Kier molecular flexibility index (Phi) is 3.75. The lowest BCUT2D eigenvalue weighted by molar-refractivity contribution is 0.408. The van der Waals surface area contributed by atoms with E-state index in [4.69, 9.17) is 0 Å². The van der Waals surface area contributed by atoms with Crippen molar-refractivity contribution in [1.82, 2.24) is 0 Å². The number of hydrogen-bond donors (Lipinski definition) is 2. The maximum Gasteiger partial charge on any atom is 0.165 e. The van der Waals surface area contributed by atoms with E-state index < -0.39 is 0 Å². The first-order valence-corrected chi connectivity index (χ1v) is 6.64. The minimum absolute atomic E-state index is 0.00996. The minimum atomic E-state index is -0.0501. The van der Waals surface area contributed by atoms with E-state index in [0.29, 0.717) is 0 Å². The molecule has 96 valence electrons. The molecule has 2 N–H and O–H groups in total. The summed E-state index contributed by atoms with van der Waals surface area (Å²) in [6.07, 6.45) is 4.39. The third-order valence-corrected chi connectivity index (χ3v) is 3.51. The first-order valence-electron chi connectivity index (χ1n) is 6.64. The van der Waals surface area contributed by atoms with Gasteiger partial charge in [0.25, 0.3) is 0 Å². The molecule has 2 heteroatoms. The van der Waals surface area contributed by atoms with Gasteiger partial charge in [0, 0.05) is 5.39 Å². The Morgan fingerprint density at radius 1 is 0.944 bits per heavy atom. The molecule has 0 fully saturated rings. The molecular formula is C16H20O2. The summed E-state index contributed by atoms with van der Waals surface area (Å²) < 4.78 is 0. The molecule has 0 aliphatic heterocycles. The molecule has 0 atom stereocenters. The van der Waals surface area contributed by atoms with Crippen LogP contribution in [0.15, 0.2) is 24.3 Å². The number of aryl methyl sites for hydroxylation is 2. The summed E-state index contributed by atoms with van der Waals surface area (Å²) >= 11 is 0. The fraction of sp³-hybridized carbons (Fsp3) is 0.375. The van der Waals surface area contributed by atoms with Gasteiger partial charge in [0.05, 0.1) is 0 Å². The summed E-state index contributed by atoms with van der Waals surface area (Å²) in [7, 11) is 0. The summed E-state index contributed by atoms with van der Waals surface area (Å²) in [6, 6.07) is 7.46. The number of phenolic OH excluding ortho intramolecular Hbond substituents is 2. The van der Waals surface area contributed by atoms with Gasteiger partial charge in [0.15, 0.2) is 11.5 Å². The predicted molar refractivity (Wildman–Crippen MR) is 75.3 cm³/mol. The van der Waals surface area contributed by atoms with Gasteiger partial charge in [-0.2, -0.15) is 0 Å². The Labute approximate surface area is 108 Å². The molecule has 0 aliphatic carbocycles. The van der Waals surface area contributed by atoms with Crippen molar-refractivity contribution in [3.8, 4) is 11.5 Å². The summed E-state index contributed by atoms with van der Waals surface area (Å²) in [6.45, 7) is 4.32. The molecule has 2 aromatic carbocycles. The van der Waals surface area contributed by atoms with Gasteiger partial charge in [-0.1, -0.05) is 38.5 Å². The number of benzene rings is 2. The zero-order valence-corrected chi connectivity index (χ0v) is 11.0. The van der Waals surface area contributed by atoms with Gasteiger partial charge >= 0.3 is 0 Å². The van der Waals surface area contributed by atoms with Gasteiger partial charge < -0.3 is 10.2 Å². The maximum atomic E-state index is 9.90. The summed E-state index contributed by atoms with van der Waals surface area (Å²) in [5.41, 5.74) is 2.65. The highest BCUT2D eigenvalue weighted by Gasteiger charge is 2.10. The second-order valence-corrected chi connectivity index (χ2v) is 4.69. The van der Waals surface area contributed by atoms with Gasteiger partial charge in [0.2, 0.25) is 0 Å². The second-order valence-electron chi connectivity index (χ2n) is 4.69. The van der Waals surface area contributed by atoms with E-state index in [1.807, 2.05) is 12.1 Å². The Hall–Kier alpha value is -1.70. The zero-order chi connectivity index (χ0) is 13.1. The highest BCUT2D eigenvalue weighted by atomic mass is 16.3. The van der Waals surface area contributed by atoms with Crippen molar-refractivity contribution in [2.75, 3.05) is 0 Å². The Balaban J connectivity index is 2.61. The van der Waals surface area contributed by atoms with Crippen LogP contribution in [0.3, 0.4) is 0 Å². The Morgan fingerprint density at radius 3 is 2.33 bits per heavy atom. The van der Waals surface area contributed by atoms with Crippen LogP contribution in [0.2, 0.25) is 0 Å². The first kappa shape index (κ1) is 12.7. The van der Waals surface area contributed by atoms with Gasteiger partial charge in [0.1, 0.15) is 0 Å². The number of unbranched alkanes of at least 4 members (excludes halogenated alkanes) is 1. The summed E-state index contributed by atoms with van der Waals surface area (Å²) in [5.74, 6) is -0.0601. The quantitative estimate of drug-likeness (QED) is 0.793. The van der Waals surface area contributed by atoms with E-state index in [9.17, 15) is 10.2 Å². The van der Waals surface area contributed by atoms with Crippen LogP contribution >= 0.6 is 0 Å². The van der Waals surface area contributed by atoms with Crippen molar-refractivity contribution in [3.63, 3.8) is 0 Å². The molecule has 0 radical (unpaired) electrons. The van der Waals surface area contributed by atoms with Crippen LogP contribution in [-0.2, 0) is 12.8 Å². The topological polar surface area (TPSA) is 40.5 Å². The number of phenols is 2. The third kappa shape index (κ3) is 2.15. The smallest absolute Gasteiger partial charge is 0.165 e. The molecule has 2 nitrogen and oxygen atoms in total. The van der Waals surface area contributed by atoms with Gasteiger partial charge in [-0.15, -0.1) is 0 Å².